The SMILES string of the molecule is CC1CN(Cc2ccnc(CN)c2)CC(CO)O1. The number of aliphatic hydroxyl groups is 1. The molecule has 100 valence electrons. The molecule has 1 fully saturated rings. The third kappa shape index (κ3) is 3.49. The van der Waals surface area contributed by atoms with Crippen molar-refractivity contribution in [3.8, 4) is 0 Å². The summed E-state index contributed by atoms with van der Waals surface area (Å²) < 4.78 is 5.62. The molecule has 2 unspecified atom stereocenters. The minimum absolute atomic E-state index is 0.0746. The Morgan fingerprint density at radius 1 is 1.56 bits per heavy atom. The van der Waals surface area contributed by atoms with Gasteiger partial charge in [-0.25, -0.2) is 0 Å². The molecule has 2 heterocycles. The fraction of sp³-hybridized carbons (Fsp3) is 0.615. The van der Waals surface area contributed by atoms with Gasteiger partial charge < -0.3 is 15.6 Å². The molecule has 5 nitrogen and oxygen atoms in total. The van der Waals surface area contributed by atoms with Crippen molar-refractivity contribution in [2.24, 2.45) is 5.73 Å². The van der Waals surface area contributed by atoms with Gasteiger partial charge in [-0.3, -0.25) is 9.88 Å². The Hall–Kier alpha value is -1.01. The van der Waals surface area contributed by atoms with Crippen LogP contribution in [0.5, 0.6) is 0 Å². The highest BCUT2D eigenvalue weighted by atomic mass is 16.5. The van der Waals surface area contributed by atoms with E-state index in [9.17, 15) is 5.11 Å². The van der Waals surface area contributed by atoms with E-state index >= 15 is 0 Å². The molecule has 0 spiro atoms. The summed E-state index contributed by atoms with van der Waals surface area (Å²) >= 11 is 0. The van der Waals surface area contributed by atoms with E-state index in [1.165, 1.54) is 5.56 Å². The molecule has 1 aromatic heterocycles. The lowest BCUT2D eigenvalue weighted by atomic mass is 10.1. The van der Waals surface area contributed by atoms with Gasteiger partial charge in [0.25, 0.3) is 0 Å². The molecule has 1 aliphatic heterocycles. The first-order valence-electron chi connectivity index (χ1n) is 6.33. The number of hydrogen-bond donors (Lipinski definition) is 2. The number of nitrogens with zero attached hydrogens (tertiary/aromatic N) is 2. The summed E-state index contributed by atoms with van der Waals surface area (Å²) in [6, 6.07) is 4.04. The first kappa shape index (κ1) is 13.4. The Morgan fingerprint density at radius 3 is 3.11 bits per heavy atom. The molecule has 0 radical (unpaired) electrons. The number of pyridine rings is 1. The second kappa shape index (κ2) is 6.24. The highest BCUT2D eigenvalue weighted by molar-refractivity contribution is 5.16. The van der Waals surface area contributed by atoms with Crippen molar-refractivity contribution in [3.05, 3.63) is 29.6 Å². The Morgan fingerprint density at radius 2 is 2.39 bits per heavy atom. The van der Waals surface area contributed by atoms with Crippen LogP contribution in [0.2, 0.25) is 0 Å². The molecule has 5 heteroatoms. The van der Waals surface area contributed by atoms with Crippen LogP contribution in [0.4, 0.5) is 0 Å². The van der Waals surface area contributed by atoms with Crippen molar-refractivity contribution in [1.82, 2.24) is 9.88 Å². The smallest absolute Gasteiger partial charge is 0.0936 e. The summed E-state index contributed by atoms with van der Waals surface area (Å²) in [5, 5.41) is 9.20. The van der Waals surface area contributed by atoms with Gasteiger partial charge in [-0.2, -0.15) is 0 Å². The van der Waals surface area contributed by atoms with Crippen molar-refractivity contribution in [3.63, 3.8) is 0 Å². The van der Waals surface area contributed by atoms with Gasteiger partial charge in [0.1, 0.15) is 0 Å². The van der Waals surface area contributed by atoms with Crippen molar-refractivity contribution in [2.75, 3.05) is 19.7 Å². The summed E-state index contributed by atoms with van der Waals surface area (Å²) in [4.78, 5) is 6.49. The predicted octanol–water partition coefficient (Wildman–Crippen LogP) is 0.122. The van der Waals surface area contributed by atoms with Crippen LogP contribution in [0.3, 0.4) is 0 Å². The maximum atomic E-state index is 9.20. The summed E-state index contributed by atoms with van der Waals surface area (Å²) in [6.07, 6.45) is 1.88. The normalized spacial score (nSPS) is 25.3. The number of hydrogen-bond acceptors (Lipinski definition) is 5. The van der Waals surface area contributed by atoms with E-state index in [0.29, 0.717) is 6.54 Å². The molecule has 0 aromatic carbocycles. The molecule has 2 atom stereocenters. The van der Waals surface area contributed by atoms with Crippen molar-refractivity contribution in [1.29, 1.82) is 0 Å². The van der Waals surface area contributed by atoms with E-state index in [-0.39, 0.29) is 18.8 Å². The lowest BCUT2D eigenvalue weighted by molar-refractivity contribution is -0.0972. The van der Waals surface area contributed by atoms with Gasteiger partial charge in [-0.1, -0.05) is 0 Å². The molecule has 0 bridgehead atoms. The molecule has 1 aromatic rings. The third-order valence-corrected chi connectivity index (χ3v) is 3.10. The van der Waals surface area contributed by atoms with Gasteiger partial charge in [0.2, 0.25) is 0 Å². The van der Waals surface area contributed by atoms with Crippen molar-refractivity contribution in [2.45, 2.75) is 32.2 Å². The van der Waals surface area contributed by atoms with Crippen LogP contribution in [-0.2, 0) is 17.8 Å². The average molecular weight is 251 g/mol. The molecule has 2 rings (SSSR count). The molecule has 18 heavy (non-hydrogen) atoms. The molecule has 0 saturated carbocycles. The summed E-state index contributed by atoms with van der Waals surface area (Å²) in [7, 11) is 0. The molecule has 0 amide bonds. The number of rotatable bonds is 4. The first-order valence-corrected chi connectivity index (χ1v) is 6.33. The summed E-state index contributed by atoms with van der Waals surface area (Å²) in [5.74, 6) is 0. The zero-order valence-electron chi connectivity index (χ0n) is 10.7. The van der Waals surface area contributed by atoms with E-state index in [4.69, 9.17) is 10.5 Å². The molecular weight excluding hydrogens is 230 g/mol. The van der Waals surface area contributed by atoms with E-state index in [2.05, 4.69) is 9.88 Å². The lowest BCUT2D eigenvalue weighted by Crippen LogP contribution is -2.47. The third-order valence-electron chi connectivity index (χ3n) is 3.10. The zero-order valence-corrected chi connectivity index (χ0v) is 10.7. The maximum absolute atomic E-state index is 9.20. The predicted molar refractivity (Wildman–Crippen MR) is 68.8 cm³/mol. The quantitative estimate of drug-likeness (QED) is 0.795. The van der Waals surface area contributed by atoms with Crippen LogP contribution in [0, 0.1) is 0 Å². The van der Waals surface area contributed by atoms with Crippen LogP contribution >= 0.6 is 0 Å². The highest BCUT2D eigenvalue weighted by Gasteiger charge is 2.24. The highest BCUT2D eigenvalue weighted by Crippen LogP contribution is 2.14. The number of aromatic nitrogens is 1. The maximum Gasteiger partial charge on any atom is 0.0936 e. The topological polar surface area (TPSA) is 71.6 Å². The zero-order chi connectivity index (χ0) is 13.0. The monoisotopic (exact) mass is 251 g/mol. The van der Waals surface area contributed by atoms with Crippen LogP contribution in [0.15, 0.2) is 18.3 Å². The minimum Gasteiger partial charge on any atom is -0.394 e. The Bertz CT molecular complexity index is 386. The largest absolute Gasteiger partial charge is 0.394 e. The van der Waals surface area contributed by atoms with Gasteiger partial charge in [0.15, 0.2) is 0 Å². The Balaban J connectivity index is 1.99. The second-order valence-electron chi connectivity index (χ2n) is 4.80. The van der Waals surface area contributed by atoms with Crippen LogP contribution in [0.1, 0.15) is 18.2 Å². The Labute approximate surface area is 108 Å². The molecule has 1 saturated heterocycles. The number of ether oxygens (including phenoxy) is 1. The van der Waals surface area contributed by atoms with Crippen LogP contribution in [0.25, 0.3) is 0 Å². The van der Waals surface area contributed by atoms with E-state index in [1.54, 1.807) is 6.20 Å². The fourth-order valence-electron chi connectivity index (χ4n) is 2.37. The molecule has 0 aliphatic carbocycles. The van der Waals surface area contributed by atoms with E-state index in [0.717, 1.165) is 25.3 Å². The fourth-order valence-corrected chi connectivity index (χ4v) is 2.37. The van der Waals surface area contributed by atoms with E-state index in [1.807, 2.05) is 19.1 Å². The van der Waals surface area contributed by atoms with Gasteiger partial charge in [-0.05, 0) is 24.6 Å². The van der Waals surface area contributed by atoms with Gasteiger partial charge in [-0.15, -0.1) is 0 Å². The molecule has 1 aliphatic rings. The van der Waals surface area contributed by atoms with Crippen molar-refractivity contribution < 1.29 is 9.84 Å². The van der Waals surface area contributed by atoms with Gasteiger partial charge in [0, 0.05) is 32.4 Å². The summed E-state index contributed by atoms with van der Waals surface area (Å²) in [6.45, 7) is 5.07. The van der Waals surface area contributed by atoms with Gasteiger partial charge >= 0.3 is 0 Å². The standard InChI is InChI=1S/C13H21N3O2/c1-10-6-16(8-13(9-17)18-10)7-11-2-3-15-12(4-11)5-14/h2-4,10,13,17H,5-9,14H2,1H3. The average Bonchev–Trinajstić information content (AvgIpc) is 2.38. The van der Waals surface area contributed by atoms with Crippen LogP contribution < -0.4 is 5.73 Å². The first-order chi connectivity index (χ1) is 8.71. The summed E-state index contributed by atoms with van der Waals surface area (Å²) in [5.41, 5.74) is 7.70. The van der Waals surface area contributed by atoms with E-state index < -0.39 is 0 Å². The van der Waals surface area contributed by atoms with Crippen molar-refractivity contribution >= 4 is 0 Å². The second-order valence-corrected chi connectivity index (χ2v) is 4.80. The number of aliphatic hydroxyl groups excluding tert-OH is 1. The molecule has 3 N–H and O–H groups in total. The number of morpholine rings is 1. The van der Waals surface area contributed by atoms with Gasteiger partial charge in [0.05, 0.1) is 24.5 Å². The molecular formula is C13H21N3O2. The van der Waals surface area contributed by atoms with Crippen LogP contribution in [-0.4, -0.2) is 46.9 Å². The number of nitrogens with two attached hydrogens (primary N) is 1. The lowest BCUT2D eigenvalue weighted by Gasteiger charge is -2.36. The minimum atomic E-state index is -0.0791. The Kier molecular flexibility index (Phi) is 4.66.